The topological polar surface area (TPSA) is 40.2 Å². The van der Waals surface area contributed by atoms with Crippen molar-refractivity contribution in [3.05, 3.63) is 12.8 Å². The van der Waals surface area contributed by atoms with Crippen LogP contribution in [0.3, 0.4) is 0 Å². The van der Waals surface area contributed by atoms with Gasteiger partial charge in [-0.15, -0.1) is 0 Å². The minimum absolute atomic E-state index is 0.0296. The van der Waals surface area contributed by atoms with Gasteiger partial charge in [-0.2, -0.15) is 0 Å². The predicted molar refractivity (Wildman–Crippen MR) is 81.6 cm³/mol. The van der Waals surface area contributed by atoms with Crippen LogP contribution >= 0.6 is 0 Å². The highest BCUT2D eigenvalue weighted by molar-refractivity contribution is 6.60. The van der Waals surface area contributed by atoms with Gasteiger partial charge in [0.25, 0.3) is 0 Å². The Bertz CT molecular complexity index is 272. The fourth-order valence-corrected chi connectivity index (χ4v) is 5.06. The molecule has 1 saturated heterocycles. The Balaban J connectivity index is 2.74. The number of hydrogen-bond acceptors (Lipinski definition) is 5. The average Bonchev–Trinajstić information content (AvgIpc) is 2.42. The monoisotopic (exact) mass is 303 g/mol. The maximum Gasteiger partial charge on any atom is 0.501 e. The minimum Gasteiger partial charge on any atom is -0.379 e. The van der Waals surface area contributed by atoms with Gasteiger partial charge in [-0.25, -0.2) is 0 Å². The molecule has 0 aromatic carbocycles. The van der Waals surface area contributed by atoms with Crippen LogP contribution in [-0.2, 0) is 18.0 Å². The Kier molecular flexibility index (Phi) is 8.40. The van der Waals surface area contributed by atoms with E-state index in [4.69, 9.17) is 18.0 Å². The summed E-state index contributed by atoms with van der Waals surface area (Å²) >= 11 is 0. The summed E-state index contributed by atoms with van der Waals surface area (Å²) < 4.78 is 23.8. The van der Waals surface area contributed by atoms with Crippen LogP contribution in [0.5, 0.6) is 0 Å². The lowest BCUT2D eigenvalue weighted by Crippen LogP contribution is -2.52. The van der Waals surface area contributed by atoms with E-state index >= 15 is 0 Å². The van der Waals surface area contributed by atoms with Crippen LogP contribution in [0.2, 0.25) is 6.04 Å². The zero-order chi connectivity index (χ0) is 14.8. The van der Waals surface area contributed by atoms with Crippen molar-refractivity contribution in [2.75, 3.05) is 39.5 Å². The Morgan fingerprint density at radius 3 is 2.55 bits per heavy atom. The Labute approximate surface area is 124 Å². The molecule has 1 aliphatic rings. The summed E-state index contributed by atoms with van der Waals surface area (Å²) in [5.41, 5.74) is 0. The number of likely N-dealkylation sites (N-methyl/N-ethyl adjacent to an activating group) is 1. The van der Waals surface area contributed by atoms with Crippen LogP contribution in [0, 0.1) is 0 Å². The molecule has 0 N–H and O–H groups in total. The van der Waals surface area contributed by atoms with Crippen molar-refractivity contribution in [1.82, 2.24) is 4.90 Å². The first kappa shape index (κ1) is 17.6. The highest BCUT2D eigenvalue weighted by atomic mass is 28.4. The predicted octanol–water partition coefficient (Wildman–Crippen LogP) is 2.27. The van der Waals surface area contributed by atoms with Crippen molar-refractivity contribution in [2.45, 2.75) is 39.3 Å². The van der Waals surface area contributed by atoms with Crippen LogP contribution in [0.4, 0.5) is 0 Å². The Morgan fingerprint density at radius 1 is 1.30 bits per heavy atom. The lowest BCUT2D eigenvalue weighted by Gasteiger charge is -2.36. The third-order valence-corrected chi connectivity index (χ3v) is 6.37. The standard InChI is InChI=1S/C14H29NO4Si/c1-5-15(6-2)12-14-13-16-10-9-11-20(19-14,17-7-3)18-8-4/h5,14H,1,6-13H2,2-4H3. The van der Waals surface area contributed by atoms with Gasteiger partial charge in [0.1, 0.15) is 0 Å². The molecule has 5 nitrogen and oxygen atoms in total. The molecule has 0 aliphatic carbocycles. The summed E-state index contributed by atoms with van der Waals surface area (Å²) in [6.07, 6.45) is 2.74. The number of hydrogen-bond donors (Lipinski definition) is 0. The van der Waals surface area contributed by atoms with E-state index in [-0.39, 0.29) is 6.10 Å². The first-order chi connectivity index (χ1) is 9.69. The minimum atomic E-state index is -2.56. The molecule has 118 valence electrons. The molecule has 20 heavy (non-hydrogen) atoms. The zero-order valence-corrected chi connectivity index (χ0v) is 14.1. The van der Waals surface area contributed by atoms with E-state index in [9.17, 15) is 0 Å². The molecule has 6 heteroatoms. The second kappa shape index (κ2) is 9.52. The fourth-order valence-electron chi connectivity index (χ4n) is 2.33. The molecule has 1 fully saturated rings. The van der Waals surface area contributed by atoms with E-state index in [1.807, 2.05) is 20.0 Å². The summed E-state index contributed by atoms with van der Waals surface area (Å²) in [6, 6.07) is 0.825. The molecule has 1 atom stereocenters. The van der Waals surface area contributed by atoms with E-state index in [1.54, 1.807) is 0 Å². The van der Waals surface area contributed by atoms with Gasteiger partial charge in [-0.05, 0) is 33.4 Å². The molecule has 0 aromatic rings. The fraction of sp³-hybridized carbons (Fsp3) is 0.857. The third kappa shape index (κ3) is 5.53. The molecule has 1 unspecified atom stereocenters. The summed E-state index contributed by atoms with van der Waals surface area (Å²) in [7, 11) is -2.56. The van der Waals surface area contributed by atoms with Gasteiger partial charge < -0.3 is 22.9 Å². The van der Waals surface area contributed by atoms with Gasteiger partial charge in [-0.3, -0.25) is 0 Å². The van der Waals surface area contributed by atoms with E-state index in [1.165, 1.54) is 0 Å². The first-order valence-electron chi connectivity index (χ1n) is 7.59. The molecule has 1 rings (SSSR count). The molecular formula is C14H29NO4Si. The number of nitrogens with zero attached hydrogens (tertiary/aromatic N) is 1. The number of ether oxygens (including phenoxy) is 1. The van der Waals surface area contributed by atoms with Crippen molar-refractivity contribution < 1.29 is 18.0 Å². The highest BCUT2D eigenvalue weighted by Crippen LogP contribution is 2.23. The van der Waals surface area contributed by atoms with Gasteiger partial charge in [0.05, 0.1) is 12.7 Å². The summed E-state index contributed by atoms with van der Waals surface area (Å²) in [6.45, 7) is 14.1. The molecular weight excluding hydrogens is 274 g/mol. The molecule has 0 radical (unpaired) electrons. The van der Waals surface area contributed by atoms with Crippen molar-refractivity contribution in [3.8, 4) is 0 Å². The SMILES string of the molecule is C=CN(CC)CC1COCCC[Si](OCC)(OCC)O1. The highest BCUT2D eigenvalue weighted by Gasteiger charge is 2.43. The van der Waals surface area contributed by atoms with E-state index in [0.717, 1.165) is 32.2 Å². The van der Waals surface area contributed by atoms with Crippen molar-refractivity contribution >= 4 is 8.80 Å². The van der Waals surface area contributed by atoms with Gasteiger partial charge >= 0.3 is 8.80 Å². The van der Waals surface area contributed by atoms with Crippen molar-refractivity contribution in [2.24, 2.45) is 0 Å². The lowest BCUT2D eigenvalue weighted by atomic mass is 10.3. The first-order valence-corrected chi connectivity index (χ1v) is 9.52. The van der Waals surface area contributed by atoms with Gasteiger partial charge in [-0.1, -0.05) is 6.58 Å². The summed E-state index contributed by atoms with van der Waals surface area (Å²) in [4.78, 5) is 2.12. The van der Waals surface area contributed by atoms with Gasteiger partial charge in [0, 0.05) is 39.0 Å². The van der Waals surface area contributed by atoms with E-state index in [2.05, 4.69) is 18.4 Å². The van der Waals surface area contributed by atoms with Crippen LogP contribution in [0.1, 0.15) is 27.2 Å². The van der Waals surface area contributed by atoms with Crippen molar-refractivity contribution in [1.29, 1.82) is 0 Å². The van der Waals surface area contributed by atoms with E-state index < -0.39 is 8.80 Å². The maximum atomic E-state index is 6.27. The summed E-state index contributed by atoms with van der Waals surface area (Å²) in [5.74, 6) is 0. The molecule has 0 amide bonds. The molecule has 1 heterocycles. The maximum absolute atomic E-state index is 6.27. The van der Waals surface area contributed by atoms with Gasteiger partial charge in [0.2, 0.25) is 0 Å². The molecule has 0 spiro atoms. The smallest absolute Gasteiger partial charge is 0.379 e. The normalized spacial score (nSPS) is 22.9. The summed E-state index contributed by atoms with van der Waals surface area (Å²) in [5, 5.41) is 0. The third-order valence-electron chi connectivity index (χ3n) is 3.25. The Morgan fingerprint density at radius 2 is 2.00 bits per heavy atom. The van der Waals surface area contributed by atoms with Crippen LogP contribution in [0.15, 0.2) is 12.8 Å². The Hall–Kier alpha value is -0.403. The zero-order valence-electron chi connectivity index (χ0n) is 13.1. The van der Waals surface area contributed by atoms with Crippen LogP contribution in [-0.4, -0.2) is 59.3 Å². The van der Waals surface area contributed by atoms with Crippen LogP contribution in [0.25, 0.3) is 0 Å². The molecule has 0 aromatic heterocycles. The lowest BCUT2D eigenvalue weighted by molar-refractivity contribution is -0.0320. The number of rotatable bonds is 8. The molecule has 0 saturated carbocycles. The average molecular weight is 303 g/mol. The second-order valence-corrected chi connectivity index (χ2v) is 7.42. The quantitative estimate of drug-likeness (QED) is 0.643. The molecule has 0 bridgehead atoms. The van der Waals surface area contributed by atoms with Gasteiger partial charge in [0.15, 0.2) is 0 Å². The largest absolute Gasteiger partial charge is 0.501 e. The van der Waals surface area contributed by atoms with Crippen molar-refractivity contribution in [3.63, 3.8) is 0 Å². The second-order valence-electron chi connectivity index (χ2n) is 4.74. The van der Waals surface area contributed by atoms with E-state index in [0.29, 0.717) is 19.8 Å². The van der Waals surface area contributed by atoms with Crippen LogP contribution < -0.4 is 0 Å². The molecule has 1 aliphatic heterocycles.